The van der Waals surface area contributed by atoms with Crippen LogP contribution in [-0.4, -0.2) is 51.2 Å². The van der Waals surface area contributed by atoms with Crippen LogP contribution in [0.5, 0.6) is 0 Å². The van der Waals surface area contributed by atoms with Gasteiger partial charge in [0.1, 0.15) is 11.6 Å². The summed E-state index contributed by atoms with van der Waals surface area (Å²) in [6.45, 7) is 3.71. The van der Waals surface area contributed by atoms with E-state index < -0.39 is 5.82 Å². The molecule has 5 heteroatoms. The van der Waals surface area contributed by atoms with Crippen molar-refractivity contribution in [2.75, 3.05) is 45.2 Å². The average Bonchev–Trinajstić information content (AvgIpc) is 2.40. The summed E-state index contributed by atoms with van der Waals surface area (Å²) >= 11 is 0. The van der Waals surface area contributed by atoms with Crippen molar-refractivity contribution in [2.24, 2.45) is 0 Å². The number of nitrogens with one attached hydrogen (secondary N) is 1. The topological polar surface area (TPSA) is 18.5 Å². The van der Waals surface area contributed by atoms with Gasteiger partial charge >= 0.3 is 0 Å². The Morgan fingerprint density at radius 3 is 2.95 bits per heavy atom. The van der Waals surface area contributed by atoms with E-state index in [0.717, 1.165) is 32.1 Å². The van der Waals surface area contributed by atoms with Crippen molar-refractivity contribution in [2.45, 2.75) is 12.5 Å². The van der Waals surface area contributed by atoms with Crippen molar-refractivity contribution >= 4 is 5.69 Å². The molecule has 1 atom stereocenters. The minimum Gasteiger partial charge on any atom is -0.372 e. The minimum absolute atomic E-state index is 0.325. The fraction of sp³-hybridized carbons (Fsp3) is 0.571. The SMILES string of the molecule is CN(CCC1CNCCN1C)c1cc(F)ccc1F. The molecule has 1 aromatic rings. The molecule has 106 valence electrons. The van der Waals surface area contributed by atoms with Crippen LogP contribution in [0.15, 0.2) is 18.2 Å². The second-order valence-electron chi connectivity index (χ2n) is 5.14. The number of hydrogen-bond acceptors (Lipinski definition) is 3. The van der Waals surface area contributed by atoms with Crippen LogP contribution < -0.4 is 10.2 Å². The minimum atomic E-state index is -0.403. The Balaban J connectivity index is 1.93. The van der Waals surface area contributed by atoms with E-state index in [-0.39, 0.29) is 5.82 Å². The molecule has 0 spiro atoms. The lowest BCUT2D eigenvalue weighted by Gasteiger charge is -2.34. The molecule has 0 bridgehead atoms. The standard InChI is InChI=1S/C14H21F2N3/c1-18-8-6-17-10-12(18)5-7-19(2)14-9-11(15)3-4-13(14)16/h3-4,9,12,17H,5-8,10H2,1-2H3. The lowest BCUT2D eigenvalue weighted by molar-refractivity contribution is 0.192. The molecule has 0 amide bonds. The van der Waals surface area contributed by atoms with Gasteiger partial charge in [-0.3, -0.25) is 0 Å². The number of halogens is 2. The van der Waals surface area contributed by atoms with Gasteiger partial charge < -0.3 is 15.1 Å². The average molecular weight is 269 g/mol. The van der Waals surface area contributed by atoms with Crippen LogP contribution in [0.4, 0.5) is 14.5 Å². The smallest absolute Gasteiger partial charge is 0.146 e. The number of nitrogens with zero attached hydrogens (tertiary/aromatic N) is 2. The van der Waals surface area contributed by atoms with Gasteiger partial charge in [0.15, 0.2) is 0 Å². The number of piperazine rings is 1. The molecule has 1 heterocycles. The summed E-state index contributed by atoms with van der Waals surface area (Å²) in [6.07, 6.45) is 0.927. The van der Waals surface area contributed by atoms with Gasteiger partial charge in [-0.05, 0) is 25.6 Å². The zero-order chi connectivity index (χ0) is 13.8. The molecule has 0 aromatic heterocycles. The predicted octanol–water partition coefficient (Wildman–Crippen LogP) is 1.69. The summed E-state index contributed by atoms with van der Waals surface area (Å²) in [4.78, 5) is 4.09. The largest absolute Gasteiger partial charge is 0.372 e. The van der Waals surface area contributed by atoms with Crippen LogP contribution in [0.2, 0.25) is 0 Å². The molecule has 1 aliphatic heterocycles. The molecule has 19 heavy (non-hydrogen) atoms. The van der Waals surface area contributed by atoms with E-state index in [1.165, 1.54) is 12.1 Å². The van der Waals surface area contributed by atoms with Crippen molar-refractivity contribution < 1.29 is 8.78 Å². The molecule has 1 aromatic carbocycles. The monoisotopic (exact) mass is 269 g/mol. The number of anilines is 1. The first kappa shape index (κ1) is 14.2. The second kappa shape index (κ2) is 6.30. The van der Waals surface area contributed by atoms with Crippen molar-refractivity contribution in [3.8, 4) is 0 Å². The van der Waals surface area contributed by atoms with E-state index in [4.69, 9.17) is 0 Å². The normalized spacial score (nSPS) is 20.5. The van der Waals surface area contributed by atoms with Gasteiger partial charge in [-0.1, -0.05) is 0 Å². The van der Waals surface area contributed by atoms with Crippen LogP contribution in [0.1, 0.15) is 6.42 Å². The maximum Gasteiger partial charge on any atom is 0.146 e. The van der Waals surface area contributed by atoms with Crippen LogP contribution >= 0.6 is 0 Å². The van der Waals surface area contributed by atoms with Crippen molar-refractivity contribution in [1.29, 1.82) is 0 Å². The Labute approximate surface area is 113 Å². The molecule has 0 radical (unpaired) electrons. The van der Waals surface area contributed by atoms with Gasteiger partial charge in [0.25, 0.3) is 0 Å². The van der Waals surface area contributed by atoms with E-state index >= 15 is 0 Å². The number of hydrogen-bond donors (Lipinski definition) is 1. The highest BCUT2D eigenvalue weighted by Gasteiger charge is 2.19. The maximum absolute atomic E-state index is 13.6. The Morgan fingerprint density at radius 1 is 1.42 bits per heavy atom. The fourth-order valence-corrected chi connectivity index (χ4v) is 2.43. The lowest BCUT2D eigenvalue weighted by Crippen LogP contribution is -2.50. The summed E-state index contributed by atoms with van der Waals surface area (Å²) in [5.74, 6) is -0.779. The van der Waals surface area contributed by atoms with Crippen molar-refractivity contribution in [3.63, 3.8) is 0 Å². The third kappa shape index (κ3) is 3.64. The second-order valence-corrected chi connectivity index (χ2v) is 5.14. The van der Waals surface area contributed by atoms with E-state index in [1.54, 1.807) is 11.9 Å². The van der Waals surface area contributed by atoms with Gasteiger partial charge in [0, 0.05) is 45.3 Å². The Bertz CT molecular complexity index is 425. The highest BCUT2D eigenvalue weighted by molar-refractivity contribution is 5.47. The highest BCUT2D eigenvalue weighted by Crippen LogP contribution is 2.20. The Kier molecular flexibility index (Phi) is 4.71. The molecule has 1 saturated heterocycles. The molecular formula is C14H21F2N3. The summed E-state index contributed by atoms with van der Waals surface area (Å²) < 4.78 is 26.8. The molecule has 1 unspecified atom stereocenters. The molecule has 0 aliphatic carbocycles. The fourth-order valence-electron chi connectivity index (χ4n) is 2.43. The molecule has 1 fully saturated rings. The summed E-state index contributed by atoms with van der Waals surface area (Å²) in [6, 6.07) is 4.02. The van der Waals surface area contributed by atoms with E-state index in [9.17, 15) is 8.78 Å². The number of likely N-dealkylation sites (N-methyl/N-ethyl adjacent to an activating group) is 1. The molecule has 1 aliphatic rings. The zero-order valence-corrected chi connectivity index (χ0v) is 11.5. The third-order valence-electron chi connectivity index (χ3n) is 3.76. The van der Waals surface area contributed by atoms with Crippen LogP contribution in [0.3, 0.4) is 0 Å². The van der Waals surface area contributed by atoms with Crippen LogP contribution in [-0.2, 0) is 0 Å². The van der Waals surface area contributed by atoms with Crippen molar-refractivity contribution in [1.82, 2.24) is 10.2 Å². The molecule has 1 N–H and O–H groups in total. The highest BCUT2D eigenvalue weighted by atomic mass is 19.1. The van der Waals surface area contributed by atoms with Gasteiger partial charge in [0.05, 0.1) is 5.69 Å². The van der Waals surface area contributed by atoms with E-state index in [0.29, 0.717) is 18.3 Å². The van der Waals surface area contributed by atoms with Gasteiger partial charge in [-0.15, -0.1) is 0 Å². The third-order valence-corrected chi connectivity index (χ3v) is 3.76. The van der Waals surface area contributed by atoms with Gasteiger partial charge in [-0.2, -0.15) is 0 Å². The van der Waals surface area contributed by atoms with Gasteiger partial charge in [-0.25, -0.2) is 8.78 Å². The molecule has 3 nitrogen and oxygen atoms in total. The van der Waals surface area contributed by atoms with Crippen LogP contribution in [0.25, 0.3) is 0 Å². The number of rotatable bonds is 4. The van der Waals surface area contributed by atoms with E-state index in [1.807, 2.05) is 0 Å². The van der Waals surface area contributed by atoms with Crippen molar-refractivity contribution in [3.05, 3.63) is 29.8 Å². The van der Waals surface area contributed by atoms with Crippen LogP contribution in [0, 0.1) is 11.6 Å². The first-order chi connectivity index (χ1) is 9.08. The summed E-state index contributed by atoms with van der Waals surface area (Å²) in [7, 11) is 3.91. The first-order valence-electron chi connectivity index (χ1n) is 6.65. The molecule has 2 rings (SSSR count). The summed E-state index contributed by atoms with van der Waals surface area (Å²) in [5.41, 5.74) is 0.325. The molecular weight excluding hydrogens is 248 g/mol. The molecule has 0 saturated carbocycles. The maximum atomic E-state index is 13.6. The zero-order valence-electron chi connectivity index (χ0n) is 11.5. The lowest BCUT2D eigenvalue weighted by atomic mass is 10.1. The van der Waals surface area contributed by atoms with E-state index in [2.05, 4.69) is 17.3 Å². The van der Waals surface area contributed by atoms with Gasteiger partial charge in [0.2, 0.25) is 0 Å². The first-order valence-corrected chi connectivity index (χ1v) is 6.65. The summed E-state index contributed by atoms with van der Waals surface area (Å²) in [5, 5.41) is 3.35. The predicted molar refractivity (Wildman–Crippen MR) is 73.5 cm³/mol. The number of benzene rings is 1. The Morgan fingerprint density at radius 2 is 2.21 bits per heavy atom. The quantitative estimate of drug-likeness (QED) is 0.897. The Hall–Kier alpha value is -1.20.